The molecular weight excluding hydrogens is 352 g/mol. The number of nitrogens with one attached hydrogen (secondary N) is 1. The predicted octanol–water partition coefficient (Wildman–Crippen LogP) is 2.98. The quantitative estimate of drug-likeness (QED) is 0.803. The summed E-state index contributed by atoms with van der Waals surface area (Å²) < 4.78 is 5.33. The number of para-hydroxylation sites is 1. The predicted molar refractivity (Wildman–Crippen MR) is 109 cm³/mol. The maximum Gasteiger partial charge on any atom is 0.227 e. The van der Waals surface area contributed by atoms with Gasteiger partial charge >= 0.3 is 0 Å². The summed E-state index contributed by atoms with van der Waals surface area (Å²) in [5.41, 5.74) is 2.08. The first kappa shape index (κ1) is 19.9. The summed E-state index contributed by atoms with van der Waals surface area (Å²) >= 11 is 0. The van der Waals surface area contributed by atoms with Crippen LogP contribution in [0.1, 0.15) is 30.4 Å². The average Bonchev–Trinajstić information content (AvgIpc) is 2.74. The van der Waals surface area contributed by atoms with E-state index in [0.29, 0.717) is 25.9 Å². The van der Waals surface area contributed by atoms with Crippen molar-refractivity contribution in [3.8, 4) is 5.75 Å². The van der Waals surface area contributed by atoms with Crippen LogP contribution in [0.5, 0.6) is 5.75 Å². The van der Waals surface area contributed by atoms with Crippen LogP contribution in [0.3, 0.4) is 0 Å². The molecule has 1 aliphatic rings. The number of hydrogen-bond donors (Lipinski definition) is 1. The van der Waals surface area contributed by atoms with E-state index in [1.807, 2.05) is 59.5 Å². The maximum absolute atomic E-state index is 12.6. The minimum atomic E-state index is 0.0858. The number of benzene rings is 2. The van der Waals surface area contributed by atoms with E-state index in [1.54, 1.807) is 7.11 Å². The van der Waals surface area contributed by atoms with Gasteiger partial charge in [0.15, 0.2) is 0 Å². The van der Waals surface area contributed by atoms with Gasteiger partial charge in [0.25, 0.3) is 0 Å². The van der Waals surface area contributed by atoms with Crippen LogP contribution in [-0.2, 0) is 22.4 Å². The number of likely N-dealkylation sites (tertiary alicyclic amines) is 1. The highest BCUT2D eigenvalue weighted by molar-refractivity contribution is 5.80. The largest absolute Gasteiger partial charge is 0.496 e. The third-order valence-electron chi connectivity index (χ3n) is 5.23. The molecular formula is C23H28N2O3. The van der Waals surface area contributed by atoms with E-state index in [-0.39, 0.29) is 17.9 Å². The van der Waals surface area contributed by atoms with E-state index >= 15 is 0 Å². The lowest BCUT2D eigenvalue weighted by molar-refractivity contribution is -0.131. The van der Waals surface area contributed by atoms with Crippen molar-refractivity contribution in [2.75, 3.05) is 20.2 Å². The third-order valence-corrected chi connectivity index (χ3v) is 5.23. The molecule has 1 fully saturated rings. The van der Waals surface area contributed by atoms with Crippen molar-refractivity contribution in [1.29, 1.82) is 0 Å². The lowest BCUT2D eigenvalue weighted by Crippen LogP contribution is -2.47. The summed E-state index contributed by atoms with van der Waals surface area (Å²) in [6.07, 6.45) is 3.20. The molecule has 2 aromatic rings. The van der Waals surface area contributed by atoms with Crippen molar-refractivity contribution in [3.05, 3.63) is 65.7 Å². The highest BCUT2D eigenvalue weighted by Gasteiger charge is 2.24. The van der Waals surface area contributed by atoms with Crippen molar-refractivity contribution in [2.45, 2.75) is 38.1 Å². The number of aryl methyl sites for hydroxylation is 1. The van der Waals surface area contributed by atoms with Gasteiger partial charge in [-0.1, -0.05) is 48.5 Å². The molecule has 0 aliphatic carbocycles. The smallest absolute Gasteiger partial charge is 0.227 e. The first-order valence-electron chi connectivity index (χ1n) is 9.88. The summed E-state index contributed by atoms with van der Waals surface area (Å²) in [4.78, 5) is 26.7. The Kier molecular flexibility index (Phi) is 7.06. The molecule has 5 heteroatoms. The zero-order valence-corrected chi connectivity index (χ0v) is 16.4. The Morgan fingerprint density at radius 2 is 1.71 bits per heavy atom. The molecule has 3 rings (SSSR count). The second-order valence-electron chi connectivity index (χ2n) is 7.20. The standard InChI is InChI=1S/C23H28N2O3/c1-28-21-10-6-5-9-19(21)17-23(27)25-15-13-20(14-16-25)24-22(26)12-11-18-7-3-2-4-8-18/h2-10,20H,11-17H2,1H3,(H,24,26). The maximum atomic E-state index is 12.6. The minimum absolute atomic E-state index is 0.0858. The molecule has 0 bridgehead atoms. The number of piperidine rings is 1. The van der Waals surface area contributed by atoms with Gasteiger partial charge < -0.3 is 15.0 Å². The van der Waals surface area contributed by atoms with Gasteiger partial charge in [0.1, 0.15) is 5.75 Å². The molecule has 0 unspecified atom stereocenters. The molecule has 0 aromatic heterocycles. The van der Waals surface area contributed by atoms with Crippen LogP contribution in [0.2, 0.25) is 0 Å². The lowest BCUT2D eigenvalue weighted by atomic mass is 10.0. The number of amides is 2. The second-order valence-corrected chi connectivity index (χ2v) is 7.20. The Bertz CT molecular complexity index is 783. The summed E-state index contributed by atoms with van der Waals surface area (Å²) in [6.45, 7) is 1.36. The van der Waals surface area contributed by atoms with E-state index < -0.39 is 0 Å². The average molecular weight is 380 g/mol. The second kappa shape index (κ2) is 9.93. The molecule has 1 aliphatic heterocycles. The van der Waals surface area contributed by atoms with Gasteiger partial charge in [0, 0.05) is 31.1 Å². The Hall–Kier alpha value is -2.82. The Morgan fingerprint density at radius 1 is 1.04 bits per heavy atom. The fourth-order valence-electron chi connectivity index (χ4n) is 3.60. The van der Waals surface area contributed by atoms with Gasteiger partial charge in [-0.15, -0.1) is 0 Å². The number of ether oxygens (including phenoxy) is 1. The van der Waals surface area contributed by atoms with E-state index in [2.05, 4.69) is 5.32 Å². The molecule has 1 heterocycles. The molecule has 2 amide bonds. The van der Waals surface area contributed by atoms with Crippen LogP contribution in [-0.4, -0.2) is 43.0 Å². The van der Waals surface area contributed by atoms with Crippen molar-refractivity contribution in [3.63, 3.8) is 0 Å². The summed E-state index contributed by atoms with van der Waals surface area (Å²) in [5, 5.41) is 3.12. The van der Waals surface area contributed by atoms with E-state index in [4.69, 9.17) is 4.74 Å². The first-order valence-corrected chi connectivity index (χ1v) is 9.88. The van der Waals surface area contributed by atoms with Crippen LogP contribution in [0.15, 0.2) is 54.6 Å². The van der Waals surface area contributed by atoms with Crippen molar-refractivity contribution >= 4 is 11.8 Å². The molecule has 0 spiro atoms. The zero-order valence-electron chi connectivity index (χ0n) is 16.4. The first-order chi connectivity index (χ1) is 13.7. The number of methoxy groups -OCH3 is 1. The fraction of sp³-hybridized carbons (Fsp3) is 0.391. The van der Waals surface area contributed by atoms with Gasteiger partial charge in [-0.2, -0.15) is 0 Å². The number of hydrogen-bond acceptors (Lipinski definition) is 3. The summed E-state index contributed by atoms with van der Waals surface area (Å²) in [6, 6.07) is 17.8. The molecule has 5 nitrogen and oxygen atoms in total. The molecule has 0 saturated carbocycles. The molecule has 148 valence electrons. The summed E-state index contributed by atoms with van der Waals surface area (Å²) in [7, 11) is 1.62. The van der Waals surface area contributed by atoms with E-state index in [1.165, 1.54) is 5.56 Å². The fourth-order valence-corrected chi connectivity index (χ4v) is 3.60. The number of nitrogens with zero attached hydrogens (tertiary/aromatic N) is 1. The number of rotatable bonds is 7. The summed E-state index contributed by atoms with van der Waals surface area (Å²) in [5.74, 6) is 0.942. The zero-order chi connectivity index (χ0) is 19.8. The minimum Gasteiger partial charge on any atom is -0.496 e. The monoisotopic (exact) mass is 380 g/mol. The number of carbonyl (C=O) groups is 2. The van der Waals surface area contributed by atoms with Crippen molar-refractivity contribution < 1.29 is 14.3 Å². The van der Waals surface area contributed by atoms with Gasteiger partial charge in [-0.3, -0.25) is 9.59 Å². The van der Waals surface area contributed by atoms with Crippen LogP contribution in [0, 0.1) is 0 Å². The number of carbonyl (C=O) groups excluding carboxylic acids is 2. The van der Waals surface area contributed by atoms with Gasteiger partial charge in [-0.25, -0.2) is 0 Å². The Balaban J connectivity index is 1.41. The molecule has 2 aromatic carbocycles. The van der Waals surface area contributed by atoms with Gasteiger partial charge in [0.2, 0.25) is 11.8 Å². The van der Waals surface area contributed by atoms with Crippen LogP contribution in [0.4, 0.5) is 0 Å². The Labute approximate surface area is 166 Å². The lowest BCUT2D eigenvalue weighted by Gasteiger charge is -2.32. The van der Waals surface area contributed by atoms with Crippen LogP contribution < -0.4 is 10.1 Å². The van der Waals surface area contributed by atoms with Crippen molar-refractivity contribution in [2.24, 2.45) is 0 Å². The molecule has 0 atom stereocenters. The highest BCUT2D eigenvalue weighted by Crippen LogP contribution is 2.20. The Morgan fingerprint density at radius 3 is 2.43 bits per heavy atom. The van der Waals surface area contributed by atoms with E-state index in [9.17, 15) is 9.59 Å². The van der Waals surface area contributed by atoms with Crippen LogP contribution >= 0.6 is 0 Å². The molecule has 0 radical (unpaired) electrons. The topological polar surface area (TPSA) is 58.6 Å². The SMILES string of the molecule is COc1ccccc1CC(=O)N1CCC(NC(=O)CCc2ccccc2)CC1. The molecule has 1 N–H and O–H groups in total. The normalized spacial score (nSPS) is 14.5. The highest BCUT2D eigenvalue weighted by atomic mass is 16.5. The van der Waals surface area contributed by atoms with Crippen molar-refractivity contribution in [1.82, 2.24) is 10.2 Å². The molecule has 1 saturated heterocycles. The van der Waals surface area contributed by atoms with Crippen LogP contribution in [0.25, 0.3) is 0 Å². The van der Waals surface area contributed by atoms with Gasteiger partial charge in [0.05, 0.1) is 13.5 Å². The molecule has 28 heavy (non-hydrogen) atoms. The van der Waals surface area contributed by atoms with E-state index in [0.717, 1.165) is 30.6 Å². The van der Waals surface area contributed by atoms with Gasteiger partial charge in [-0.05, 0) is 30.9 Å². The third kappa shape index (κ3) is 5.59.